The average molecular weight is 442 g/mol. The van der Waals surface area contributed by atoms with Gasteiger partial charge in [0, 0.05) is 38.8 Å². The van der Waals surface area contributed by atoms with Crippen LogP contribution in [0.15, 0.2) is 11.6 Å². The minimum Gasteiger partial charge on any atom is -0.378 e. The molecule has 5 nitrogen and oxygen atoms in total. The number of ether oxygens (including phenoxy) is 1. The lowest BCUT2D eigenvalue weighted by molar-refractivity contribution is -0.0410. The Morgan fingerprint density at radius 1 is 1.12 bits per heavy atom. The van der Waals surface area contributed by atoms with Crippen molar-refractivity contribution >= 4 is 6.03 Å². The minimum atomic E-state index is 0.204. The predicted molar refractivity (Wildman–Crippen MR) is 126 cm³/mol. The van der Waals surface area contributed by atoms with Crippen molar-refractivity contribution in [2.45, 2.75) is 77.3 Å². The molecule has 0 bridgehead atoms. The van der Waals surface area contributed by atoms with Gasteiger partial charge in [0.05, 0.1) is 13.2 Å². The molecule has 1 unspecified atom stereocenters. The minimum absolute atomic E-state index is 0.204. The van der Waals surface area contributed by atoms with Gasteiger partial charge in [-0.3, -0.25) is 0 Å². The first kappa shape index (κ1) is 21.5. The topological polar surface area (TPSA) is 44.8 Å². The highest BCUT2D eigenvalue weighted by atomic mass is 16.5. The maximum Gasteiger partial charge on any atom is 0.320 e. The highest BCUT2D eigenvalue weighted by Crippen LogP contribution is 2.67. The van der Waals surface area contributed by atoms with Crippen LogP contribution in [0.25, 0.3) is 0 Å². The number of fused-ring (bicyclic) bond motifs is 4. The van der Waals surface area contributed by atoms with Crippen LogP contribution in [-0.4, -0.2) is 67.8 Å². The molecule has 6 rings (SSSR count). The van der Waals surface area contributed by atoms with Crippen LogP contribution >= 0.6 is 0 Å². The van der Waals surface area contributed by atoms with Gasteiger partial charge in [-0.05, 0) is 92.8 Å². The van der Waals surface area contributed by atoms with Gasteiger partial charge < -0.3 is 19.9 Å². The summed E-state index contributed by atoms with van der Waals surface area (Å²) in [5, 5.41) is 3.86. The average Bonchev–Trinajstić information content (AvgIpc) is 3.35. The third-order valence-electron chi connectivity index (χ3n) is 11.3. The fourth-order valence-electron chi connectivity index (χ4n) is 9.55. The molecule has 0 aromatic heterocycles. The fourth-order valence-corrected chi connectivity index (χ4v) is 9.55. The van der Waals surface area contributed by atoms with E-state index in [-0.39, 0.29) is 6.03 Å². The van der Waals surface area contributed by atoms with E-state index in [1.807, 2.05) is 11.9 Å². The van der Waals surface area contributed by atoms with Crippen LogP contribution in [0.2, 0.25) is 0 Å². The summed E-state index contributed by atoms with van der Waals surface area (Å²) in [7, 11) is 2.04. The van der Waals surface area contributed by atoms with Gasteiger partial charge in [-0.25, -0.2) is 4.79 Å². The van der Waals surface area contributed by atoms with Crippen molar-refractivity contribution in [1.29, 1.82) is 0 Å². The monoisotopic (exact) mass is 441 g/mol. The molecular weight excluding hydrogens is 398 g/mol. The van der Waals surface area contributed by atoms with E-state index >= 15 is 0 Å². The van der Waals surface area contributed by atoms with Crippen LogP contribution < -0.4 is 5.32 Å². The molecule has 0 aromatic carbocycles. The van der Waals surface area contributed by atoms with Gasteiger partial charge in [-0.15, -0.1) is 0 Å². The van der Waals surface area contributed by atoms with E-state index < -0.39 is 0 Å². The SMILES string of the molecule is C[C@@H]1NC[C@]23CCC4[C@@H](CC=C5C[C@@H](N(C)C(=O)N6CCOCC6)CC[C@@]54C)[C@@H]2CC[C@H]13. The van der Waals surface area contributed by atoms with Crippen molar-refractivity contribution in [3.63, 3.8) is 0 Å². The zero-order valence-corrected chi connectivity index (χ0v) is 20.4. The number of nitrogens with zero attached hydrogens (tertiary/aromatic N) is 2. The summed E-state index contributed by atoms with van der Waals surface area (Å²) in [5.74, 6) is 3.59. The maximum atomic E-state index is 13.1. The maximum absolute atomic E-state index is 13.1. The first-order valence-corrected chi connectivity index (χ1v) is 13.5. The third-order valence-corrected chi connectivity index (χ3v) is 11.3. The standard InChI is InChI=1S/C27H43N3O2/c1-18-22-6-7-24-21-5-4-19-16-20(29(3)25(31)30-12-14-32-15-13-30)8-10-26(19,2)23(21)9-11-27(22,24)17-28-18/h4,18,20-24,28H,5-17H2,1-3H3/t18-,20-,21+,22+,23?,24-,26-,27-/m0/s1. The van der Waals surface area contributed by atoms with Gasteiger partial charge in [-0.1, -0.05) is 18.6 Å². The van der Waals surface area contributed by atoms with Crippen LogP contribution in [-0.2, 0) is 4.74 Å². The largest absolute Gasteiger partial charge is 0.378 e. The van der Waals surface area contributed by atoms with E-state index in [1.165, 1.54) is 45.1 Å². The number of hydrogen-bond acceptors (Lipinski definition) is 3. The van der Waals surface area contributed by atoms with Gasteiger partial charge >= 0.3 is 6.03 Å². The van der Waals surface area contributed by atoms with Crippen molar-refractivity contribution in [1.82, 2.24) is 15.1 Å². The number of urea groups is 1. The normalized spacial score (nSPS) is 47.7. The van der Waals surface area contributed by atoms with Crippen molar-refractivity contribution in [2.24, 2.45) is 34.5 Å². The molecule has 6 aliphatic rings. The zero-order chi connectivity index (χ0) is 22.1. The van der Waals surface area contributed by atoms with E-state index in [9.17, 15) is 4.79 Å². The van der Waals surface area contributed by atoms with Gasteiger partial charge in [0.1, 0.15) is 0 Å². The lowest BCUT2D eigenvalue weighted by atomic mass is 9.47. The molecule has 1 N–H and O–H groups in total. The number of hydrogen-bond donors (Lipinski definition) is 1. The van der Waals surface area contributed by atoms with E-state index in [2.05, 4.69) is 30.1 Å². The van der Waals surface area contributed by atoms with E-state index in [0.717, 1.165) is 55.6 Å². The summed E-state index contributed by atoms with van der Waals surface area (Å²) < 4.78 is 5.45. The molecule has 3 saturated carbocycles. The molecule has 1 spiro atoms. The van der Waals surface area contributed by atoms with Gasteiger partial charge in [0.25, 0.3) is 0 Å². The molecule has 5 fully saturated rings. The molecule has 2 amide bonds. The molecule has 8 atom stereocenters. The Bertz CT molecular complexity index is 792. The highest BCUT2D eigenvalue weighted by Gasteiger charge is 2.62. The van der Waals surface area contributed by atoms with Gasteiger partial charge in [-0.2, -0.15) is 0 Å². The zero-order valence-electron chi connectivity index (χ0n) is 20.4. The van der Waals surface area contributed by atoms with Crippen LogP contribution in [0.5, 0.6) is 0 Å². The Hall–Kier alpha value is -1.07. The van der Waals surface area contributed by atoms with Gasteiger partial charge in [0.2, 0.25) is 0 Å². The number of allylic oxidation sites excluding steroid dienone is 1. The quantitative estimate of drug-likeness (QED) is 0.618. The molecule has 2 saturated heterocycles. The molecule has 4 aliphatic carbocycles. The molecule has 0 radical (unpaired) electrons. The second-order valence-electron chi connectivity index (χ2n) is 12.3. The van der Waals surface area contributed by atoms with Crippen LogP contribution in [0.4, 0.5) is 4.79 Å². The lowest BCUT2D eigenvalue weighted by Gasteiger charge is -2.58. The molecule has 178 valence electrons. The number of amides is 2. The van der Waals surface area contributed by atoms with Crippen LogP contribution in [0, 0.1) is 34.5 Å². The highest BCUT2D eigenvalue weighted by molar-refractivity contribution is 5.74. The predicted octanol–water partition coefficient (Wildman–Crippen LogP) is 4.29. The lowest BCUT2D eigenvalue weighted by Crippen LogP contribution is -2.54. The summed E-state index contributed by atoms with van der Waals surface area (Å²) >= 11 is 0. The Labute approximate surface area is 194 Å². The Kier molecular flexibility index (Phi) is 5.18. The summed E-state index contributed by atoms with van der Waals surface area (Å²) in [6.45, 7) is 9.12. The van der Waals surface area contributed by atoms with E-state index in [0.29, 0.717) is 30.1 Å². The fraction of sp³-hybridized carbons (Fsp3) is 0.889. The second kappa shape index (κ2) is 7.73. The number of carbonyl (C=O) groups is 1. The Balaban J connectivity index is 1.19. The summed E-state index contributed by atoms with van der Waals surface area (Å²) in [5.41, 5.74) is 2.64. The Morgan fingerprint density at radius 2 is 1.91 bits per heavy atom. The summed E-state index contributed by atoms with van der Waals surface area (Å²) in [6.07, 6.45) is 13.2. The molecular formula is C27H43N3O2. The molecule has 5 heteroatoms. The number of carbonyl (C=O) groups excluding carboxylic acids is 1. The van der Waals surface area contributed by atoms with Crippen LogP contribution in [0.1, 0.15) is 65.2 Å². The number of morpholine rings is 1. The molecule has 2 heterocycles. The molecule has 0 aromatic rings. The summed E-state index contributed by atoms with van der Waals surface area (Å²) in [4.78, 5) is 17.1. The molecule has 32 heavy (non-hydrogen) atoms. The van der Waals surface area contributed by atoms with E-state index in [4.69, 9.17) is 4.74 Å². The third kappa shape index (κ3) is 2.99. The first-order valence-electron chi connectivity index (χ1n) is 13.5. The van der Waals surface area contributed by atoms with Crippen LogP contribution in [0.3, 0.4) is 0 Å². The van der Waals surface area contributed by atoms with Gasteiger partial charge in [0.15, 0.2) is 0 Å². The van der Waals surface area contributed by atoms with E-state index in [1.54, 1.807) is 5.57 Å². The second-order valence-corrected chi connectivity index (χ2v) is 12.3. The van der Waals surface area contributed by atoms with Crippen molar-refractivity contribution < 1.29 is 9.53 Å². The smallest absolute Gasteiger partial charge is 0.320 e. The summed E-state index contributed by atoms with van der Waals surface area (Å²) in [6, 6.07) is 1.28. The number of rotatable bonds is 1. The van der Waals surface area contributed by atoms with Crippen molar-refractivity contribution in [3.05, 3.63) is 11.6 Å². The molecule has 2 aliphatic heterocycles. The Morgan fingerprint density at radius 3 is 2.72 bits per heavy atom. The number of nitrogens with one attached hydrogen (secondary N) is 1. The van der Waals surface area contributed by atoms with Crippen molar-refractivity contribution in [2.75, 3.05) is 39.9 Å². The first-order chi connectivity index (χ1) is 15.4. The van der Waals surface area contributed by atoms with Crippen molar-refractivity contribution in [3.8, 4) is 0 Å².